The van der Waals surface area contributed by atoms with E-state index in [1.54, 1.807) is 0 Å². The molecule has 0 saturated heterocycles. The van der Waals surface area contributed by atoms with Crippen LogP contribution in [0.5, 0.6) is 0 Å². The van der Waals surface area contributed by atoms with E-state index in [1.807, 2.05) is 36.4 Å². The minimum atomic E-state index is 0.383. The molecule has 0 fully saturated rings. The second-order valence-corrected chi connectivity index (χ2v) is 4.02. The highest BCUT2D eigenvalue weighted by atomic mass is 16.1. The molecule has 17 heavy (non-hydrogen) atoms. The molecule has 2 aromatic carbocycles. The van der Waals surface area contributed by atoms with Gasteiger partial charge < -0.3 is 10.5 Å². The SMILES string of the molecule is Nc1c(CC=O)cccc1Cc1ccccc1. The first-order valence-corrected chi connectivity index (χ1v) is 5.65. The van der Waals surface area contributed by atoms with E-state index >= 15 is 0 Å². The van der Waals surface area contributed by atoms with Crippen LogP contribution in [0.2, 0.25) is 0 Å². The van der Waals surface area contributed by atoms with Crippen molar-refractivity contribution in [3.05, 3.63) is 65.2 Å². The summed E-state index contributed by atoms with van der Waals surface area (Å²) < 4.78 is 0. The second kappa shape index (κ2) is 5.30. The van der Waals surface area contributed by atoms with E-state index in [9.17, 15) is 4.79 Å². The predicted octanol–water partition coefficient (Wildman–Crippen LogP) is 2.60. The molecule has 2 heteroatoms. The van der Waals surface area contributed by atoms with E-state index in [0.717, 1.165) is 29.5 Å². The molecule has 2 N–H and O–H groups in total. The smallest absolute Gasteiger partial charge is 0.124 e. The molecule has 0 aromatic heterocycles. The number of rotatable bonds is 4. The maximum Gasteiger partial charge on any atom is 0.124 e. The van der Waals surface area contributed by atoms with E-state index in [0.29, 0.717) is 6.42 Å². The van der Waals surface area contributed by atoms with Crippen LogP contribution in [0.1, 0.15) is 16.7 Å². The molecular formula is C15H15NO. The van der Waals surface area contributed by atoms with Gasteiger partial charge in [0.2, 0.25) is 0 Å². The first-order valence-electron chi connectivity index (χ1n) is 5.65. The quantitative estimate of drug-likeness (QED) is 0.642. The van der Waals surface area contributed by atoms with Gasteiger partial charge in [0.05, 0.1) is 0 Å². The minimum Gasteiger partial charge on any atom is -0.398 e. The molecule has 2 rings (SSSR count). The van der Waals surface area contributed by atoms with Crippen molar-refractivity contribution >= 4 is 12.0 Å². The number of nitrogen functional groups attached to an aromatic ring is 1. The van der Waals surface area contributed by atoms with E-state index in [-0.39, 0.29) is 0 Å². The average molecular weight is 225 g/mol. The highest BCUT2D eigenvalue weighted by Crippen LogP contribution is 2.20. The van der Waals surface area contributed by atoms with Gasteiger partial charge >= 0.3 is 0 Å². The lowest BCUT2D eigenvalue weighted by molar-refractivity contribution is -0.107. The van der Waals surface area contributed by atoms with Gasteiger partial charge in [-0.1, -0.05) is 48.5 Å². The maximum atomic E-state index is 10.5. The molecule has 0 aliphatic carbocycles. The van der Waals surface area contributed by atoms with Crippen molar-refractivity contribution in [2.24, 2.45) is 0 Å². The van der Waals surface area contributed by atoms with Crippen molar-refractivity contribution in [1.82, 2.24) is 0 Å². The summed E-state index contributed by atoms with van der Waals surface area (Å²) in [6.07, 6.45) is 2.08. The van der Waals surface area contributed by atoms with Gasteiger partial charge in [-0.2, -0.15) is 0 Å². The third-order valence-corrected chi connectivity index (χ3v) is 2.83. The summed E-state index contributed by atoms with van der Waals surface area (Å²) in [5.74, 6) is 0. The molecule has 0 amide bonds. The molecule has 2 aromatic rings. The highest BCUT2D eigenvalue weighted by molar-refractivity contribution is 5.64. The number of carbonyl (C=O) groups is 1. The number of hydrogen-bond donors (Lipinski definition) is 1. The van der Waals surface area contributed by atoms with Gasteiger partial charge in [-0.15, -0.1) is 0 Å². The molecule has 0 atom stereocenters. The molecule has 0 spiro atoms. The van der Waals surface area contributed by atoms with Crippen LogP contribution in [0.4, 0.5) is 5.69 Å². The average Bonchev–Trinajstić information content (AvgIpc) is 2.36. The summed E-state index contributed by atoms with van der Waals surface area (Å²) in [6, 6.07) is 16.0. The largest absolute Gasteiger partial charge is 0.398 e. The fourth-order valence-corrected chi connectivity index (χ4v) is 1.90. The third-order valence-electron chi connectivity index (χ3n) is 2.83. The van der Waals surface area contributed by atoms with Crippen molar-refractivity contribution in [2.75, 3.05) is 5.73 Å². The lowest BCUT2D eigenvalue weighted by Gasteiger charge is -2.09. The van der Waals surface area contributed by atoms with Crippen LogP contribution in [0.25, 0.3) is 0 Å². The zero-order chi connectivity index (χ0) is 12.1. The molecule has 0 heterocycles. The lowest BCUT2D eigenvalue weighted by atomic mass is 9.99. The van der Waals surface area contributed by atoms with Crippen molar-refractivity contribution in [3.8, 4) is 0 Å². The summed E-state index contributed by atoms with van der Waals surface area (Å²) in [5, 5.41) is 0. The van der Waals surface area contributed by atoms with E-state index in [1.165, 1.54) is 5.56 Å². The Morgan fingerprint density at radius 3 is 2.35 bits per heavy atom. The second-order valence-electron chi connectivity index (χ2n) is 4.02. The Kier molecular flexibility index (Phi) is 3.55. The molecule has 0 aliphatic rings. The van der Waals surface area contributed by atoms with Crippen LogP contribution in [-0.4, -0.2) is 6.29 Å². The Bertz CT molecular complexity index is 506. The van der Waals surface area contributed by atoms with Gasteiger partial charge in [-0.3, -0.25) is 0 Å². The molecule has 0 bridgehead atoms. The molecule has 2 nitrogen and oxygen atoms in total. The predicted molar refractivity (Wildman–Crippen MR) is 69.9 cm³/mol. The fourth-order valence-electron chi connectivity index (χ4n) is 1.90. The normalized spacial score (nSPS) is 10.1. The van der Waals surface area contributed by atoms with Crippen LogP contribution >= 0.6 is 0 Å². The highest BCUT2D eigenvalue weighted by Gasteiger charge is 2.05. The number of carbonyl (C=O) groups excluding carboxylic acids is 1. The Balaban J connectivity index is 2.27. The van der Waals surface area contributed by atoms with Gasteiger partial charge in [-0.25, -0.2) is 0 Å². The summed E-state index contributed by atoms with van der Waals surface area (Å²) in [7, 11) is 0. The van der Waals surface area contributed by atoms with Crippen molar-refractivity contribution in [2.45, 2.75) is 12.8 Å². The van der Waals surface area contributed by atoms with Crippen LogP contribution in [0.3, 0.4) is 0 Å². The molecule has 0 saturated carbocycles. The Labute approximate surface area is 101 Å². The molecule has 86 valence electrons. The Morgan fingerprint density at radius 1 is 0.941 bits per heavy atom. The van der Waals surface area contributed by atoms with Gasteiger partial charge in [0.15, 0.2) is 0 Å². The van der Waals surface area contributed by atoms with E-state index in [2.05, 4.69) is 12.1 Å². The zero-order valence-corrected chi connectivity index (χ0v) is 9.60. The molecule has 0 unspecified atom stereocenters. The number of anilines is 1. The molecule has 0 aliphatic heterocycles. The summed E-state index contributed by atoms with van der Waals surface area (Å²) in [6.45, 7) is 0. The topological polar surface area (TPSA) is 43.1 Å². The first kappa shape index (κ1) is 11.4. The van der Waals surface area contributed by atoms with Gasteiger partial charge in [0, 0.05) is 12.1 Å². The zero-order valence-electron chi connectivity index (χ0n) is 9.60. The van der Waals surface area contributed by atoms with Crippen LogP contribution < -0.4 is 5.73 Å². The summed E-state index contributed by atoms with van der Waals surface area (Å²) >= 11 is 0. The number of benzene rings is 2. The Hall–Kier alpha value is -2.09. The monoisotopic (exact) mass is 225 g/mol. The van der Waals surface area contributed by atoms with Crippen LogP contribution in [0.15, 0.2) is 48.5 Å². The van der Waals surface area contributed by atoms with Crippen molar-refractivity contribution in [1.29, 1.82) is 0 Å². The van der Waals surface area contributed by atoms with Crippen molar-refractivity contribution in [3.63, 3.8) is 0 Å². The number of aldehydes is 1. The van der Waals surface area contributed by atoms with Crippen LogP contribution in [0, 0.1) is 0 Å². The molecule has 0 radical (unpaired) electrons. The first-order chi connectivity index (χ1) is 8.31. The van der Waals surface area contributed by atoms with Gasteiger partial charge in [0.25, 0.3) is 0 Å². The molecular weight excluding hydrogens is 210 g/mol. The fraction of sp³-hybridized carbons (Fsp3) is 0.133. The number of hydrogen-bond acceptors (Lipinski definition) is 2. The van der Waals surface area contributed by atoms with E-state index in [4.69, 9.17) is 5.73 Å². The summed E-state index contributed by atoms with van der Waals surface area (Å²) in [4.78, 5) is 10.5. The van der Waals surface area contributed by atoms with Crippen LogP contribution in [-0.2, 0) is 17.6 Å². The summed E-state index contributed by atoms with van der Waals surface area (Å²) in [5.41, 5.74) is 10.0. The lowest BCUT2D eigenvalue weighted by Crippen LogP contribution is -2.01. The third kappa shape index (κ3) is 2.72. The van der Waals surface area contributed by atoms with E-state index < -0.39 is 0 Å². The minimum absolute atomic E-state index is 0.383. The van der Waals surface area contributed by atoms with Crippen molar-refractivity contribution < 1.29 is 4.79 Å². The number of nitrogens with two attached hydrogens (primary N) is 1. The maximum absolute atomic E-state index is 10.5. The van der Waals surface area contributed by atoms with Gasteiger partial charge in [-0.05, 0) is 23.1 Å². The standard InChI is InChI=1S/C15H15NO/c16-15-13(9-10-17)7-4-8-14(15)11-12-5-2-1-3-6-12/h1-8,10H,9,11,16H2. The number of para-hydroxylation sites is 1. The Morgan fingerprint density at radius 2 is 1.65 bits per heavy atom. The van der Waals surface area contributed by atoms with Gasteiger partial charge in [0.1, 0.15) is 6.29 Å².